The van der Waals surface area contributed by atoms with E-state index in [1.807, 2.05) is 55.8 Å². The van der Waals surface area contributed by atoms with Crippen LogP contribution in [0.2, 0.25) is 0 Å². The second-order valence-electron chi connectivity index (χ2n) is 15.5. The fraction of sp³-hybridized carbons (Fsp3) is 0.439. The van der Waals surface area contributed by atoms with E-state index in [4.69, 9.17) is 48.3 Å². The van der Waals surface area contributed by atoms with Gasteiger partial charge in [-0.25, -0.2) is 14.4 Å². The van der Waals surface area contributed by atoms with Gasteiger partial charge in [-0.3, -0.25) is 25.5 Å². The number of nitrogens with zero attached hydrogens (tertiary/aromatic N) is 4. The zero-order valence-electron chi connectivity index (χ0n) is 34.5. The fourth-order valence-electron chi connectivity index (χ4n) is 5.36. The summed E-state index contributed by atoms with van der Waals surface area (Å²) >= 11 is 12.6. The number of rotatable bonds is 8. The normalized spacial score (nSPS) is 13.4. The number of alkyl halides is 2. The Kier molecular flexibility index (Phi) is 20.9. The topological polar surface area (TPSA) is 230 Å². The number of carbonyl (C=O) groups excluding carboxylic acids is 3. The van der Waals surface area contributed by atoms with Crippen LogP contribution in [0, 0.1) is 32.1 Å². The van der Waals surface area contributed by atoms with Gasteiger partial charge in [0.15, 0.2) is 0 Å². The third kappa shape index (κ3) is 17.3. The molecular formula is C41H54Cl2N6O11S2. The van der Waals surface area contributed by atoms with Crippen LogP contribution in [-0.4, -0.2) is 99.0 Å². The number of nitrogens with one attached hydrogen (secondary N) is 1. The van der Waals surface area contributed by atoms with Gasteiger partial charge >= 0.3 is 18.3 Å². The smallest absolute Gasteiger partial charge is 0.411 e. The van der Waals surface area contributed by atoms with E-state index in [1.54, 1.807) is 61.3 Å². The number of nitro groups is 2. The molecule has 2 aliphatic rings. The molecule has 0 bridgehead atoms. The lowest BCUT2D eigenvalue weighted by Crippen LogP contribution is -2.53. The molecule has 0 spiro atoms. The summed E-state index contributed by atoms with van der Waals surface area (Å²) < 4.78 is 15.6. The maximum absolute atomic E-state index is 12.2. The Morgan fingerprint density at radius 3 is 1.61 bits per heavy atom. The average Bonchev–Trinajstić information content (AvgIpc) is 3.86. The van der Waals surface area contributed by atoms with Crippen LogP contribution in [-0.2, 0) is 14.2 Å². The van der Waals surface area contributed by atoms with Crippen molar-refractivity contribution >= 4 is 86.9 Å². The van der Waals surface area contributed by atoms with Crippen LogP contribution >= 0.6 is 45.9 Å². The number of halogens is 2. The van der Waals surface area contributed by atoms with Gasteiger partial charge in [0.25, 0.3) is 11.4 Å². The highest BCUT2D eigenvalue weighted by Crippen LogP contribution is 2.33. The Balaban J connectivity index is 0.000000344. The van der Waals surface area contributed by atoms with Gasteiger partial charge in [-0.05, 0) is 99.8 Å². The summed E-state index contributed by atoms with van der Waals surface area (Å²) in [7, 11) is 0. The molecular weight excluding hydrogens is 888 g/mol. The van der Waals surface area contributed by atoms with Crippen molar-refractivity contribution in [2.24, 2.45) is 11.8 Å². The first-order valence-corrected chi connectivity index (χ1v) is 21.5. The third-order valence-corrected chi connectivity index (χ3v) is 10.0. The van der Waals surface area contributed by atoms with E-state index in [2.05, 4.69) is 5.32 Å². The summed E-state index contributed by atoms with van der Waals surface area (Å²) in [6.07, 6.45) is -1.46. The number of benzene rings is 2. The third-order valence-electron chi connectivity index (χ3n) is 8.19. The number of carbonyl (C=O) groups is 3. The number of aliphatic hydroxyl groups excluding tert-OH is 1. The standard InChI is InChI=1S/C20H23N3O6S.C10H8N2O2S.C9H17NO3.CH2Cl2.CH4/c1-20(2,3)29-19(25)22-10-13(11-22)12-28-18(24)21-15-9-14(17-5-4-8-30-17)6-7-16(15)23(26)27;11-8-6-7(10-2-1-5-15-10)3-4-9(8)12(13)14;1-9(2,3)13-8(12)10-4-7(5-10)6-11;2-1-3;/h4-9,13H,10-12H2,1-3H3,(H,21,24);1-6H,11H2;7,11H,4-6H2,1-3H3;1H2;1H4. The van der Waals surface area contributed by atoms with E-state index in [1.165, 1.54) is 28.4 Å². The number of nitro benzene ring substituents is 2. The molecule has 0 saturated carbocycles. The zero-order chi connectivity index (χ0) is 45.5. The number of ether oxygens (including phenoxy) is 3. The van der Waals surface area contributed by atoms with Crippen LogP contribution < -0.4 is 11.1 Å². The fourth-order valence-corrected chi connectivity index (χ4v) is 6.81. The molecule has 2 fully saturated rings. The molecule has 2 aromatic heterocycles. The molecule has 2 aromatic carbocycles. The Morgan fingerprint density at radius 2 is 1.23 bits per heavy atom. The molecule has 4 heterocycles. The van der Waals surface area contributed by atoms with Gasteiger partial charge in [0, 0.05) is 66.5 Å². The molecule has 2 saturated heterocycles. The first kappa shape index (κ1) is 52.9. The highest BCUT2D eigenvalue weighted by molar-refractivity contribution is 7.13. The first-order valence-electron chi connectivity index (χ1n) is 18.7. The molecule has 0 aliphatic carbocycles. The molecule has 4 aromatic rings. The van der Waals surface area contributed by atoms with Crippen LogP contribution in [0.15, 0.2) is 71.4 Å². The minimum Gasteiger partial charge on any atom is -0.449 e. The molecule has 340 valence electrons. The summed E-state index contributed by atoms with van der Waals surface area (Å²) in [4.78, 5) is 61.3. The van der Waals surface area contributed by atoms with Gasteiger partial charge in [0.2, 0.25) is 0 Å². The summed E-state index contributed by atoms with van der Waals surface area (Å²) in [6.45, 7) is 13.2. The largest absolute Gasteiger partial charge is 0.449 e. The number of hydrogen-bond acceptors (Lipinski definition) is 14. The molecule has 6 rings (SSSR count). The van der Waals surface area contributed by atoms with Gasteiger partial charge in [-0.1, -0.05) is 19.6 Å². The number of thiophene rings is 2. The van der Waals surface area contributed by atoms with Gasteiger partial charge in [0.1, 0.15) is 22.6 Å². The van der Waals surface area contributed by atoms with Gasteiger partial charge in [-0.15, -0.1) is 45.9 Å². The predicted octanol–water partition coefficient (Wildman–Crippen LogP) is 10.5. The van der Waals surface area contributed by atoms with E-state index in [9.17, 15) is 34.6 Å². The highest BCUT2D eigenvalue weighted by atomic mass is 35.5. The summed E-state index contributed by atoms with van der Waals surface area (Å²) in [5, 5.41) is 37.1. The first-order chi connectivity index (χ1) is 28.6. The maximum atomic E-state index is 12.2. The lowest BCUT2D eigenvalue weighted by atomic mass is 10.0. The van der Waals surface area contributed by atoms with E-state index in [0.717, 1.165) is 20.9 Å². The highest BCUT2D eigenvalue weighted by Gasteiger charge is 2.35. The lowest BCUT2D eigenvalue weighted by Gasteiger charge is -2.39. The van der Waals surface area contributed by atoms with Crippen LogP contribution in [0.4, 0.5) is 37.1 Å². The Bertz CT molecular complexity index is 2070. The Hall–Kier alpha value is -5.21. The van der Waals surface area contributed by atoms with Crippen molar-refractivity contribution in [3.8, 4) is 20.9 Å². The minimum atomic E-state index is -0.780. The Labute approximate surface area is 379 Å². The molecule has 3 amide bonds. The van der Waals surface area contributed by atoms with Crippen molar-refractivity contribution in [2.75, 3.05) is 55.8 Å². The molecule has 62 heavy (non-hydrogen) atoms. The van der Waals surface area contributed by atoms with Crippen LogP contribution in [0.1, 0.15) is 49.0 Å². The minimum absolute atomic E-state index is 0. The molecule has 17 nitrogen and oxygen atoms in total. The molecule has 21 heteroatoms. The molecule has 0 atom stereocenters. The number of aliphatic hydroxyl groups is 1. The lowest BCUT2D eigenvalue weighted by molar-refractivity contribution is -0.384. The SMILES string of the molecule is C.CC(C)(C)OC(=O)N1CC(CO)C1.CC(C)(C)OC(=O)N1CC(COC(=O)Nc2cc(-c3cccs3)ccc2[N+](=O)[O-])C1.ClCCl.Nc1cc(-c2cccs2)ccc1[N+](=O)[O-]. The predicted molar refractivity (Wildman–Crippen MR) is 245 cm³/mol. The van der Waals surface area contributed by atoms with Crippen molar-refractivity contribution in [3.05, 3.63) is 91.7 Å². The van der Waals surface area contributed by atoms with Crippen molar-refractivity contribution in [1.29, 1.82) is 0 Å². The second-order valence-corrected chi connectivity index (χ2v) is 18.2. The Morgan fingerprint density at radius 1 is 0.790 bits per heavy atom. The number of amides is 3. The number of anilines is 2. The van der Waals surface area contributed by atoms with Gasteiger partial charge in [-0.2, -0.15) is 0 Å². The molecule has 0 radical (unpaired) electrons. The summed E-state index contributed by atoms with van der Waals surface area (Å²) in [5.41, 5.74) is 6.28. The second kappa shape index (κ2) is 24.4. The average molecular weight is 942 g/mol. The van der Waals surface area contributed by atoms with Crippen molar-refractivity contribution in [3.63, 3.8) is 0 Å². The maximum Gasteiger partial charge on any atom is 0.411 e. The number of nitrogen functional groups attached to an aromatic ring is 1. The van der Waals surface area contributed by atoms with Crippen molar-refractivity contribution in [2.45, 2.75) is 60.2 Å². The quantitative estimate of drug-likeness (QED) is 0.0492. The van der Waals surface area contributed by atoms with Crippen LogP contribution in [0.25, 0.3) is 20.9 Å². The van der Waals surface area contributed by atoms with Gasteiger partial charge in [0.05, 0.1) is 21.8 Å². The summed E-state index contributed by atoms with van der Waals surface area (Å²) in [5.74, 6) is 0.239. The number of hydrogen-bond donors (Lipinski definition) is 3. The van der Waals surface area contributed by atoms with E-state index < -0.39 is 33.2 Å². The zero-order valence-corrected chi connectivity index (χ0v) is 37.6. The van der Waals surface area contributed by atoms with E-state index in [-0.39, 0.29) is 66.7 Å². The van der Waals surface area contributed by atoms with E-state index in [0.29, 0.717) is 26.2 Å². The summed E-state index contributed by atoms with van der Waals surface area (Å²) in [6, 6.07) is 17.0. The molecule has 0 unspecified atom stereocenters. The van der Waals surface area contributed by atoms with E-state index >= 15 is 0 Å². The van der Waals surface area contributed by atoms with Crippen LogP contribution in [0.3, 0.4) is 0 Å². The number of nitrogens with two attached hydrogens (primary N) is 1. The van der Waals surface area contributed by atoms with Gasteiger partial charge < -0.3 is 34.9 Å². The van der Waals surface area contributed by atoms with Crippen molar-refractivity contribution < 1.29 is 43.5 Å². The molecule has 2 aliphatic heterocycles. The van der Waals surface area contributed by atoms with Crippen LogP contribution in [0.5, 0.6) is 0 Å². The monoisotopic (exact) mass is 940 g/mol. The van der Waals surface area contributed by atoms with Crippen molar-refractivity contribution in [1.82, 2.24) is 9.80 Å². The number of likely N-dealkylation sites (tertiary alicyclic amines) is 2. The molecule has 4 N–H and O–H groups in total.